The molecule has 0 aromatic heterocycles. The van der Waals surface area contributed by atoms with E-state index in [0.29, 0.717) is 5.56 Å². The van der Waals surface area contributed by atoms with E-state index in [2.05, 4.69) is 0 Å². The Hall–Kier alpha value is -1.71. The monoisotopic (exact) mass is 266 g/mol. The van der Waals surface area contributed by atoms with Gasteiger partial charge in [-0.2, -0.15) is 0 Å². The number of Topliss-reactive ketones (excluding diaryl/α,β-unsaturated/α-hetero) is 1. The molecule has 0 spiro atoms. The molecular formula is C15H19FO3. The van der Waals surface area contributed by atoms with E-state index in [1.54, 1.807) is 26.8 Å². The van der Waals surface area contributed by atoms with Gasteiger partial charge in [-0.05, 0) is 45.4 Å². The first-order valence-corrected chi connectivity index (χ1v) is 6.19. The van der Waals surface area contributed by atoms with Crippen LogP contribution < -0.4 is 0 Å². The topological polar surface area (TPSA) is 43.4 Å². The molecule has 0 N–H and O–H groups in total. The van der Waals surface area contributed by atoms with Gasteiger partial charge < -0.3 is 4.74 Å². The van der Waals surface area contributed by atoms with E-state index in [9.17, 15) is 14.0 Å². The summed E-state index contributed by atoms with van der Waals surface area (Å²) < 4.78 is 18.1. The first kappa shape index (κ1) is 15.3. The molecule has 0 saturated carbocycles. The van der Waals surface area contributed by atoms with Gasteiger partial charge >= 0.3 is 5.97 Å². The number of benzene rings is 1. The molecule has 0 amide bonds. The van der Waals surface area contributed by atoms with Crippen molar-refractivity contribution in [2.24, 2.45) is 5.92 Å². The Morgan fingerprint density at radius 3 is 2.47 bits per heavy atom. The molecule has 0 aliphatic carbocycles. The van der Waals surface area contributed by atoms with Crippen LogP contribution >= 0.6 is 0 Å². The molecule has 1 unspecified atom stereocenters. The summed E-state index contributed by atoms with van der Waals surface area (Å²) in [6, 6.07) is 5.80. The molecule has 0 bridgehead atoms. The third kappa shape index (κ3) is 5.20. The van der Waals surface area contributed by atoms with E-state index in [-0.39, 0.29) is 12.2 Å². The zero-order valence-corrected chi connectivity index (χ0v) is 11.7. The minimum Gasteiger partial charge on any atom is -0.459 e. The molecule has 0 fully saturated rings. The van der Waals surface area contributed by atoms with E-state index < -0.39 is 23.3 Å². The summed E-state index contributed by atoms with van der Waals surface area (Å²) in [5.74, 6) is -2.06. The van der Waals surface area contributed by atoms with Gasteiger partial charge in [-0.1, -0.05) is 12.1 Å². The van der Waals surface area contributed by atoms with Crippen molar-refractivity contribution in [3.8, 4) is 0 Å². The van der Waals surface area contributed by atoms with Crippen LogP contribution in [0.25, 0.3) is 0 Å². The van der Waals surface area contributed by atoms with Crippen LogP contribution in [0.4, 0.5) is 4.39 Å². The van der Waals surface area contributed by atoms with Crippen molar-refractivity contribution in [1.82, 2.24) is 0 Å². The summed E-state index contributed by atoms with van der Waals surface area (Å²) in [6.45, 7) is 6.74. The van der Waals surface area contributed by atoms with Gasteiger partial charge in [-0.15, -0.1) is 0 Å². The highest BCUT2D eigenvalue weighted by atomic mass is 19.1. The fraction of sp³-hybridized carbons (Fsp3) is 0.467. The lowest BCUT2D eigenvalue weighted by Crippen LogP contribution is -2.31. The molecule has 1 aromatic carbocycles. The van der Waals surface area contributed by atoms with Gasteiger partial charge in [0.2, 0.25) is 0 Å². The lowest BCUT2D eigenvalue weighted by molar-refractivity contribution is -0.161. The van der Waals surface area contributed by atoms with Gasteiger partial charge in [0, 0.05) is 6.42 Å². The summed E-state index contributed by atoms with van der Waals surface area (Å²) in [7, 11) is 0. The van der Waals surface area contributed by atoms with E-state index in [4.69, 9.17) is 4.74 Å². The van der Waals surface area contributed by atoms with Crippen molar-refractivity contribution in [1.29, 1.82) is 0 Å². The second kappa shape index (κ2) is 5.95. The number of carbonyl (C=O) groups is 2. The molecule has 1 rings (SSSR count). The van der Waals surface area contributed by atoms with Crippen molar-refractivity contribution in [3.63, 3.8) is 0 Å². The lowest BCUT2D eigenvalue weighted by Gasteiger charge is -2.21. The molecule has 0 aliphatic rings. The quantitative estimate of drug-likeness (QED) is 0.621. The number of ether oxygens (including phenoxy) is 1. The highest BCUT2D eigenvalue weighted by Gasteiger charge is 2.26. The maximum absolute atomic E-state index is 13.0. The Morgan fingerprint density at radius 2 is 1.95 bits per heavy atom. The predicted molar refractivity (Wildman–Crippen MR) is 70.1 cm³/mol. The summed E-state index contributed by atoms with van der Waals surface area (Å²) in [4.78, 5) is 23.7. The van der Waals surface area contributed by atoms with Crippen LogP contribution in [0.15, 0.2) is 24.3 Å². The fourth-order valence-electron chi connectivity index (χ4n) is 1.52. The molecule has 0 radical (unpaired) electrons. The fourth-order valence-corrected chi connectivity index (χ4v) is 1.52. The van der Waals surface area contributed by atoms with Crippen LogP contribution in [-0.4, -0.2) is 17.4 Å². The second-order valence-corrected chi connectivity index (χ2v) is 5.53. The minimum absolute atomic E-state index is 0.0260. The molecule has 1 atom stereocenters. The number of esters is 1. The molecule has 4 heteroatoms. The largest absolute Gasteiger partial charge is 0.459 e. The first-order valence-electron chi connectivity index (χ1n) is 6.19. The van der Waals surface area contributed by atoms with Crippen molar-refractivity contribution in [3.05, 3.63) is 35.6 Å². The zero-order valence-electron chi connectivity index (χ0n) is 11.7. The zero-order chi connectivity index (χ0) is 14.6. The Labute approximate surface area is 112 Å². The Kier molecular flexibility index (Phi) is 4.81. The maximum Gasteiger partial charge on any atom is 0.316 e. The molecule has 0 heterocycles. The number of hydrogen-bond donors (Lipinski definition) is 0. The summed E-state index contributed by atoms with van der Waals surface area (Å²) >= 11 is 0. The molecule has 0 saturated heterocycles. The van der Waals surface area contributed by atoms with Crippen molar-refractivity contribution < 1.29 is 18.7 Å². The average Bonchev–Trinajstić information content (AvgIpc) is 2.25. The Bertz CT molecular complexity index is 475. The molecule has 3 nitrogen and oxygen atoms in total. The van der Waals surface area contributed by atoms with Gasteiger partial charge in [0.05, 0.1) is 0 Å². The highest BCUT2D eigenvalue weighted by molar-refractivity contribution is 5.99. The van der Waals surface area contributed by atoms with Crippen molar-refractivity contribution in [2.75, 3.05) is 0 Å². The molecule has 104 valence electrons. The Morgan fingerprint density at radius 1 is 1.32 bits per heavy atom. The average molecular weight is 266 g/mol. The molecule has 1 aromatic rings. The van der Waals surface area contributed by atoms with E-state index in [0.717, 1.165) is 0 Å². The smallest absolute Gasteiger partial charge is 0.316 e. The predicted octanol–water partition coefficient (Wildman–Crippen LogP) is 2.92. The third-order valence-electron chi connectivity index (χ3n) is 2.51. The van der Waals surface area contributed by atoms with Crippen LogP contribution in [-0.2, 0) is 20.7 Å². The van der Waals surface area contributed by atoms with Gasteiger partial charge in [-0.25, -0.2) is 4.39 Å². The number of rotatable bonds is 4. The van der Waals surface area contributed by atoms with Gasteiger partial charge in [0.25, 0.3) is 0 Å². The van der Waals surface area contributed by atoms with Crippen molar-refractivity contribution >= 4 is 11.8 Å². The van der Waals surface area contributed by atoms with Crippen molar-refractivity contribution in [2.45, 2.75) is 39.7 Å². The molecule has 19 heavy (non-hydrogen) atoms. The molecule has 0 aliphatic heterocycles. The van der Waals surface area contributed by atoms with E-state index in [1.165, 1.54) is 25.1 Å². The number of carbonyl (C=O) groups excluding carboxylic acids is 2. The summed E-state index contributed by atoms with van der Waals surface area (Å²) in [6.07, 6.45) is 0.0260. The standard InChI is InChI=1S/C15H19FO3/c1-10(14(18)19-15(2,3)4)13(17)9-11-6-5-7-12(16)8-11/h5-8,10H,9H2,1-4H3. The lowest BCUT2D eigenvalue weighted by atomic mass is 9.99. The number of halogens is 1. The summed E-state index contributed by atoms with van der Waals surface area (Å²) in [5, 5.41) is 0. The Balaban J connectivity index is 2.65. The minimum atomic E-state index is -0.845. The van der Waals surface area contributed by atoms with Crippen LogP contribution in [0.2, 0.25) is 0 Å². The second-order valence-electron chi connectivity index (χ2n) is 5.53. The summed E-state index contributed by atoms with van der Waals surface area (Å²) in [5.41, 5.74) is -0.0646. The number of ketones is 1. The number of hydrogen-bond acceptors (Lipinski definition) is 3. The van der Waals surface area contributed by atoms with Crippen LogP contribution in [0.1, 0.15) is 33.3 Å². The first-order chi connectivity index (χ1) is 8.69. The van der Waals surface area contributed by atoms with Crippen LogP contribution in [0, 0.1) is 11.7 Å². The van der Waals surface area contributed by atoms with E-state index >= 15 is 0 Å². The highest BCUT2D eigenvalue weighted by Crippen LogP contribution is 2.14. The van der Waals surface area contributed by atoms with Gasteiger partial charge in [0.1, 0.15) is 17.3 Å². The third-order valence-corrected chi connectivity index (χ3v) is 2.51. The van der Waals surface area contributed by atoms with Crippen LogP contribution in [0.3, 0.4) is 0 Å². The van der Waals surface area contributed by atoms with Crippen LogP contribution in [0.5, 0.6) is 0 Å². The van der Waals surface area contributed by atoms with Gasteiger partial charge in [-0.3, -0.25) is 9.59 Å². The SMILES string of the molecule is CC(C(=O)Cc1cccc(F)c1)C(=O)OC(C)(C)C. The normalized spacial score (nSPS) is 12.9. The van der Waals surface area contributed by atoms with Gasteiger partial charge in [0.15, 0.2) is 5.78 Å². The molecular weight excluding hydrogens is 247 g/mol. The van der Waals surface area contributed by atoms with E-state index in [1.807, 2.05) is 0 Å². The maximum atomic E-state index is 13.0.